The van der Waals surface area contributed by atoms with Gasteiger partial charge in [-0.25, -0.2) is 14.0 Å². The first-order valence-corrected chi connectivity index (χ1v) is 12.8. The zero-order valence-corrected chi connectivity index (χ0v) is 19.7. The van der Waals surface area contributed by atoms with Crippen LogP contribution in [0, 0.1) is 0 Å². The van der Waals surface area contributed by atoms with Gasteiger partial charge in [0, 0.05) is 19.6 Å². The van der Waals surface area contributed by atoms with Crippen LogP contribution in [0.25, 0.3) is 0 Å². The molecule has 0 aliphatic rings. The lowest BCUT2D eigenvalue weighted by Gasteiger charge is -2.40. The minimum atomic E-state index is -2.64. The normalized spacial score (nSPS) is 12.7. The van der Waals surface area contributed by atoms with Gasteiger partial charge in [0.2, 0.25) is 0 Å². The summed E-state index contributed by atoms with van der Waals surface area (Å²) in [5.41, 5.74) is 0. The molecule has 0 N–H and O–H groups in total. The van der Waals surface area contributed by atoms with Gasteiger partial charge < -0.3 is 0 Å². The maximum absolute atomic E-state index is 14.1. The van der Waals surface area contributed by atoms with E-state index in [4.69, 9.17) is 0 Å². The third-order valence-electron chi connectivity index (χ3n) is 5.34. The first-order valence-electron chi connectivity index (χ1n) is 11.2. The molecule has 0 fully saturated rings. The molecule has 0 amide bonds. The van der Waals surface area contributed by atoms with Crippen molar-refractivity contribution in [2.75, 3.05) is 40.8 Å². The van der Waals surface area contributed by atoms with E-state index in [-0.39, 0.29) is 0 Å². The van der Waals surface area contributed by atoms with E-state index >= 15 is 0 Å². The Kier molecular flexibility index (Phi) is 16.2. The van der Waals surface area contributed by atoms with Gasteiger partial charge in [0.05, 0.1) is 0 Å². The molecule has 0 saturated heterocycles. The Morgan fingerprint density at radius 2 is 0.769 bits per heavy atom. The molecule has 0 atom stereocenters. The summed E-state index contributed by atoms with van der Waals surface area (Å²) in [6.45, 7) is 9.50. The van der Waals surface area contributed by atoms with Crippen LogP contribution >= 0.6 is 7.59 Å². The molecule has 0 aromatic rings. The molecule has 0 aromatic carbocycles. The van der Waals surface area contributed by atoms with E-state index in [1.54, 1.807) is 0 Å². The summed E-state index contributed by atoms with van der Waals surface area (Å²) in [4.78, 5) is 0. The highest BCUT2D eigenvalue weighted by Gasteiger charge is 2.36. The van der Waals surface area contributed by atoms with Crippen LogP contribution in [0.4, 0.5) is 0 Å². The second-order valence-corrected chi connectivity index (χ2v) is 10.9. The number of rotatable bonds is 18. The summed E-state index contributed by atoms with van der Waals surface area (Å²) in [5.74, 6) is 0. The van der Waals surface area contributed by atoms with Gasteiger partial charge in [0.15, 0.2) is 0 Å². The molecule has 4 nitrogen and oxygen atoms in total. The second kappa shape index (κ2) is 16.1. The minimum Gasteiger partial charge on any atom is -0.270 e. The van der Waals surface area contributed by atoms with E-state index in [1.165, 1.54) is 57.8 Å². The van der Waals surface area contributed by atoms with Gasteiger partial charge in [0.1, 0.15) is 0 Å². The smallest absolute Gasteiger partial charge is 0.270 e. The fourth-order valence-electron chi connectivity index (χ4n) is 3.47. The van der Waals surface area contributed by atoms with Crippen LogP contribution < -0.4 is 0 Å². The average Bonchev–Trinajstić information content (AvgIpc) is 2.64. The molecule has 0 unspecified atom stereocenters. The van der Waals surface area contributed by atoms with Gasteiger partial charge in [0.25, 0.3) is 7.59 Å². The van der Waals surface area contributed by atoms with E-state index in [0.29, 0.717) is 0 Å². The van der Waals surface area contributed by atoms with E-state index in [9.17, 15) is 4.57 Å². The third kappa shape index (κ3) is 9.88. The molecule has 0 radical (unpaired) electrons. The number of unbranched alkanes of at least 4 members (excludes halogenated alkanes) is 9. The predicted octanol–water partition coefficient (Wildman–Crippen LogP) is 6.63. The van der Waals surface area contributed by atoms with Gasteiger partial charge in [-0.2, -0.15) is 0 Å². The van der Waals surface area contributed by atoms with Crippen molar-refractivity contribution in [3.05, 3.63) is 0 Å². The van der Waals surface area contributed by atoms with E-state index < -0.39 is 7.59 Å². The first kappa shape index (κ1) is 26.1. The van der Waals surface area contributed by atoms with Crippen LogP contribution in [-0.4, -0.2) is 54.8 Å². The molecular formula is C21H48N3OP. The van der Waals surface area contributed by atoms with Gasteiger partial charge in [-0.3, -0.25) is 4.57 Å². The van der Waals surface area contributed by atoms with Crippen molar-refractivity contribution in [2.24, 2.45) is 0 Å². The van der Waals surface area contributed by atoms with Crippen molar-refractivity contribution in [3.8, 4) is 0 Å². The summed E-state index contributed by atoms with van der Waals surface area (Å²) >= 11 is 0. The average molecular weight is 390 g/mol. The van der Waals surface area contributed by atoms with Gasteiger partial charge in [-0.05, 0) is 40.4 Å². The topological polar surface area (TPSA) is 26.8 Å². The zero-order chi connectivity index (χ0) is 19.8. The highest BCUT2D eigenvalue weighted by molar-refractivity contribution is 7.56. The highest BCUT2D eigenvalue weighted by Crippen LogP contribution is 2.54. The fraction of sp³-hybridized carbons (Fsp3) is 1.00. The SMILES string of the molecule is CCCCCCN(C)P(=O)(N(C)CCCCCC)N(C)CCCCCC. The van der Waals surface area contributed by atoms with Crippen molar-refractivity contribution in [1.29, 1.82) is 0 Å². The molecule has 0 aliphatic carbocycles. The van der Waals surface area contributed by atoms with Crippen LogP contribution in [0.5, 0.6) is 0 Å². The predicted molar refractivity (Wildman–Crippen MR) is 118 cm³/mol. The molecule has 0 bridgehead atoms. The lowest BCUT2D eigenvalue weighted by molar-refractivity contribution is 0.310. The van der Waals surface area contributed by atoms with Crippen LogP contribution in [0.1, 0.15) is 97.8 Å². The van der Waals surface area contributed by atoms with Crippen molar-refractivity contribution in [3.63, 3.8) is 0 Å². The number of hydrogen-bond acceptors (Lipinski definition) is 1. The second-order valence-electron chi connectivity index (χ2n) is 7.84. The number of nitrogens with zero attached hydrogens (tertiary/aromatic N) is 3. The van der Waals surface area contributed by atoms with Crippen LogP contribution in [0.3, 0.4) is 0 Å². The van der Waals surface area contributed by atoms with Gasteiger partial charge >= 0.3 is 0 Å². The van der Waals surface area contributed by atoms with E-state index in [0.717, 1.165) is 38.9 Å². The van der Waals surface area contributed by atoms with Crippen molar-refractivity contribution in [1.82, 2.24) is 14.0 Å². The monoisotopic (exact) mass is 389 g/mol. The summed E-state index contributed by atoms with van der Waals surface area (Å²) in [5, 5.41) is 0. The molecule has 26 heavy (non-hydrogen) atoms. The van der Waals surface area contributed by atoms with Crippen molar-refractivity contribution >= 4 is 7.59 Å². The molecule has 5 heteroatoms. The summed E-state index contributed by atoms with van der Waals surface area (Å²) in [6, 6.07) is 0. The Morgan fingerprint density at radius 1 is 0.500 bits per heavy atom. The summed E-state index contributed by atoms with van der Waals surface area (Å²) < 4.78 is 20.5. The Hall–Kier alpha value is 0.110. The molecule has 0 heterocycles. The maximum atomic E-state index is 14.1. The standard InChI is InChI=1S/C21H48N3OP/c1-7-10-13-16-19-22(4)26(25,23(5)20-17-14-11-8-2)24(6)21-18-15-12-9-3/h7-21H2,1-6H3. The highest BCUT2D eigenvalue weighted by atomic mass is 31.2. The minimum absolute atomic E-state index is 0.926. The lowest BCUT2D eigenvalue weighted by atomic mass is 10.2. The van der Waals surface area contributed by atoms with Gasteiger partial charge in [-0.15, -0.1) is 0 Å². The lowest BCUT2D eigenvalue weighted by Crippen LogP contribution is -2.37. The Bertz CT molecular complexity index is 313. The summed E-state index contributed by atoms with van der Waals surface area (Å²) in [7, 11) is 3.56. The van der Waals surface area contributed by atoms with E-state index in [1.807, 2.05) is 0 Å². The van der Waals surface area contributed by atoms with Crippen molar-refractivity contribution < 1.29 is 4.57 Å². The molecule has 158 valence electrons. The summed E-state index contributed by atoms with van der Waals surface area (Å²) in [6.07, 6.45) is 14.7. The van der Waals surface area contributed by atoms with Crippen LogP contribution in [0.15, 0.2) is 0 Å². The Balaban J connectivity index is 4.83. The molecule has 0 aromatic heterocycles. The Morgan fingerprint density at radius 3 is 1.00 bits per heavy atom. The van der Waals surface area contributed by atoms with Crippen molar-refractivity contribution in [2.45, 2.75) is 97.8 Å². The zero-order valence-electron chi connectivity index (χ0n) is 18.8. The molecule has 0 spiro atoms. The fourth-order valence-corrected chi connectivity index (χ4v) is 6.24. The molecule has 0 rings (SSSR count). The Labute approximate surface area is 165 Å². The quantitative estimate of drug-likeness (QED) is 0.194. The largest absolute Gasteiger partial charge is 0.286 e. The van der Waals surface area contributed by atoms with Gasteiger partial charge in [-0.1, -0.05) is 78.6 Å². The molecule has 0 saturated carbocycles. The van der Waals surface area contributed by atoms with Crippen LogP contribution in [-0.2, 0) is 4.57 Å². The number of hydrogen-bond donors (Lipinski definition) is 0. The van der Waals surface area contributed by atoms with Crippen LogP contribution in [0.2, 0.25) is 0 Å². The maximum Gasteiger partial charge on any atom is 0.286 e. The molecule has 0 aliphatic heterocycles. The first-order chi connectivity index (χ1) is 12.4. The third-order valence-corrected chi connectivity index (χ3v) is 8.61. The molecular weight excluding hydrogens is 341 g/mol. The van der Waals surface area contributed by atoms with E-state index in [2.05, 4.69) is 55.9 Å².